The molecule has 0 bridgehead atoms. The summed E-state index contributed by atoms with van der Waals surface area (Å²) in [7, 11) is -3.31. The number of para-hydroxylation sites is 1. The molecule has 1 aromatic heterocycles. The molecule has 0 atom stereocenters. The SMILES string of the molecule is O=S(=O)(Cc1ccccc1)N1CCN(Cn2ncn(-c3ccccc3)c2=S)CC1. The second-order valence-electron chi connectivity index (χ2n) is 7.02. The second kappa shape index (κ2) is 8.58. The lowest BCUT2D eigenvalue weighted by Gasteiger charge is -2.33. The minimum Gasteiger partial charge on any atom is -0.282 e. The van der Waals surface area contributed by atoms with Crippen molar-refractivity contribution in [2.45, 2.75) is 12.4 Å². The zero-order valence-corrected chi connectivity index (χ0v) is 17.6. The van der Waals surface area contributed by atoms with Crippen LogP contribution in [0, 0.1) is 4.77 Å². The van der Waals surface area contributed by atoms with Gasteiger partial charge in [-0.1, -0.05) is 48.5 Å². The Labute approximate surface area is 175 Å². The van der Waals surface area contributed by atoms with Crippen molar-refractivity contribution in [1.29, 1.82) is 0 Å². The van der Waals surface area contributed by atoms with Gasteiger partial charge in [-0.15, -0.1) is 0 Å². The van der Waals surface area contributed by atoms with E-state index in [4.69, 9.17) is 12.2 Å². The van der Waals surface area contributed by atoms with Gasteiger partial charge in [-0.2, -0.15) is 9.40 Å². The van der Waals surface area contributed by atoms with Crippen molar-refractivity contribution in [3.05, 3.63) is 77.3 Å². The Balaban J connectivity index is 1.37. The predicted octanol–water partition coefficient (Wildman–Crippen LogP) is 2.51. The Morgan fingerprint density at radius 3 is 2.17 bits per heavy atom. The monoisotopic (exact) mass is 429 g/mol. The van der Waals surface area contributed by atoms with Gasteiger partial charge in [-0.25, -0.2) is 13.1 Å². The second-order valence-corrected chi connectivity index (χ2v) is 9.35. The molecule has 1 aliphatic heterocycles. The highest BCUT2D eigenvalue weighted by Crippen LogP contribution is 2.14. The predicted molar refractivity (Wildman–Crippen MR) is 115 cm³/mol. The van der Waals surface area contributed by atoms with E-state index in [1.165, 1.54) is 0 Å². The standard InChI is InChI=1S/C20H23N5O2S2/c26-29(27,15-18-7-3-1-4-8-18)23-13-11-22(12-14-23)17-25-20(28)24(16-21-25)19-9-5-2-6-10-19/h1-10,16H,11-15,17H2. The van der Waals surface area contributed by atoms with Gasteiger partial charge in [0.25, 0.3) is 0 Å². The van der Waals surface area contributed by atoms with E-state index in [1.807, 2.05) is 65.2 Å². The van der Waals surface area contributed by atoms with E-state index in [0.29, 0.717) is 37.6 Å². The van der Waals surface area contributed by atoms with Crippen LogP contribution in [-0.2, 0) is 22.4 Å². The normalized spacial score (nSPS) is 16.1. The molecule has 2 heterocycles. The molecular weight excluding hydrogens is 406 g/mol. The Bertz CT molecular complexity index is 1100. The van der Waals surface area contributed by atoms with Crippen LogP contribution in [0.1, 0.15) is 5.56 Å². The van der Waals surface area contributed by atoms with Crippen molar-refractivity contribution in [2.75, 3.05) is 26.2 Å². The van der Waals surface area contributed by atoms with E-state index in [9.17, 15) is 8.42 Å². The summed E-state index contributed by atoms with van der Waals surface area (Å²) in [4.78, 5) is 2.17. The van der Waals surface area contributed by atoms with E-state index in [0.717, 1.165) is 11.3 Å². The number of sulfonamides is 1. The van der Waals surface area contributed by atoms with Gasteiger partial charge in [0.15, 0.2) is 0 Å². The largest absolute Gasteiger partial charge is 0.282 e. The van der Waals surface area contributed by atoms with Gasteiger partial charge in [0.05, 0.1) is 12.4 Å². The van der Waals surface area contributed by atoms with Crippen LogP contribution in [0.4, 0.5) is 0 Å². The molecule has 1 fully saturated rings. The molecule has 4 rings (SSSR count). The molecule has 1 saturated heterocycles. The number of aromatic nitrogens is 3. The van der Waals surface area contributed by atoms with Crippen molar-refractivity contribution in [1.82, 2.24) is 23.6 Å². The summed E-state index contributed by atoms with van der Waals surface area (Å²) < 4.78 is 31.3. The number of benzene rings is 2. The fraction of sp³-hybridized carbons (Fsp3) is 0.300. The lowest BCUT2D eigenvalue weighted by atomic mass is 10.2. The molecule has 0 saturated carbocycles. The first-order chi connectivity index (χ1) is 14.0. The average molecular weight is 430 g/mol. The third-order valence-electron chi connectivity index (χ3n) is 5.02. The molecular formula is C20H23N5O2S2. The maximum Gasteiger partial charge on any atom is 0.218 e. The molecule has 0 radical (unpaired) electrons. The van der Waals surface area contributed by atoms with Crippen molar-refractivity contribution >= 4 is 22.2 Å². The third-order valence-corrected chi connectivity index (χ3v) is 7.28. The van der Waals surface area contributed by atoms with Crippen molar-refractivity contribution in [2.24, 2.45) is 0 Å². The Hall–Kier alpha value is -2.33. The number of hydrogen-bond donors (Lipinski definition) is 0. The molecule has 0 unspecified atom stereocenters. The maximum atomic E-state index is 12.7. The first-order valence-corrected chi connectivity index (χ1v) is 11.5. The molecule has 152 valence electrons. The van der Waals surface area contributed by atoms with Crippen LogP contribution >= 0.6 is 12.2 Å². The minimum absolute atomic E-state index is 0.0420. The summed E-state index contributed by atoms with van der Waals surface area (Å²) in [5, 5.41) is 4.41. The van der Waals surface area contributed by atoms with Gasteiger partial charge >= 0.3 is 0 Å². The zero-order valence-electron chi connectivity index (χ0n) is 16.0. The van der Waals surface area contributed by atoms with Crippen LogP contribution < -0.4 is 0 Å². The van der Waals surface area contributed by atoms with Crippen LogP contribution in [0.25, 0.3) is 5.69 Å². The van der Waals surface area contributed by atoms with Crippen molar-refractivity contribution in [3.63, 3.8) is 0 Å². The molecule has 1 aliphatic rings. The van der Waals surface area contributed by atoms with Crippen LogP contribution in [-0.4, -0.2) is 58.1 Å². The van der Waals surface area contributed by atoms with E-state index in [2.05, 4.69) is 10.00 Å². The number of nitrogens with zero attached hydrogens (tertiary/aromatic N) is 5. The van der Waals surface area contributed by atoms with Crippen LogP contribution in [0.3, 0.4) is 0 Å². The fourth-order valence-corrected chi connectivity index (χ4v) is 5.19. The van der Waals surface area contributed by atoms with Gasteiger partial charge in [0.1, 0.15) is 6.33 Å². The summed E-state index contributed by atoms with van der Waals surface area (Å²) in [6, 6.07) is 19.2. The molecule has 2 aromatic carbocycles. The number of piperazine rings is 1. The lowest BCUT2D eigenvalue weighted by Crippen LogP contribution is -2.49. The molecule has 29 heavy (non-hydrogen) atoms. The van der Waals surface area contributed by atoms with Crippen LogP contribution in [0.15, 0.2) is 67.0 Å². The summed E-state index contributed by atoms with van der Waals surface area (Å²) in [5.74, 6) is 0.0420. The zero-order chi connectivity index (χ0) is 20.3. The summed E-state index contributed by atoms with van der Waals surface area (Å²) in [6.07, 6.45) is 1.72. The van der Waals surface area contributed by atoms with E-state index in [-0.39, 0.29) is 5.75 Å². The molecule has 7 nitrogen and oxygen atoms in total. The smallest absolute Gasteiger partial charge is 0.218 e. The molecule has 0 amide bonds. The van der Waals surface area contributed by atoms with Gasteiger partial charge in [-0.05, 0) is 29.9 Å². The summed E-state index contributed by atoms with van der Waals surface area (Å²) in [5.41, 5.74) is 1.79. The Kier molecular flexibility index (Phi) is 5.91. The fourth-order valence-electron chi connectivity index (χ4n) is 3.41. The minimum atomic E-state index is -3.31. The highest BCUT2D eigenvalue weighted by atomic mass is 32.2. The molecule has 9 heteroatoms. The van der Waals surface area contributed by atoms with Gasteiger partial charge in [0.2, 0.25) is 14.8 Å². The van der Waals surface area contributed by atoms with E-state index in [1.54, 1.807) is 15.3 Å². The summed E-state index contributed by atoms with van der Waals surface area (Å²) >= 11 is 5.56. The quantitative estimate of drug-likeness (QED) is 0.564. The van der Waals surface area contributed by atoms with Crippen LogP contribution in [0.2, 0.25) is 0 Å². The third kappa shape index (κ3) is 4.64. The number of rotatable bonds is 6. The lowest BCUT2D eigenvalue weighted by molar-refractivity contribution is 0.144. The first-order valence-electron chi connectivity index (χ1n) is 9.47. The Morgan fingerprint density at radius 2 is 1.52 bits per heavy atom. The topological polar surface area (TPSA) is 63.4 Å². The highest BCUT2D eigenvalue weighted by molar-refractivity contribution is 7.88. The molecule has 0 spiro atoms. The van der Waals surface area contributed by atoms with Gasteiger partial charge < -0.3 is 0 Å². The molecule has 0 aliphatic carbocycles. The number of hydrogen-bond acceptors (Lipinski definition) is 5. The molecule has 3 aromatic rings. The highest BCUT2D eigenvalue weighted by Gasteiger charge is 2.27. The van der Waals surface area contributed by atoms with Crippen molar-refractivity contribution in [3.8, 4) is 5.69 Å². The summed E-state index contributed by atoms with van der Waals surface area (Å²) in [6.45, 7) is 2.79. The van der Waals surface area contributed by atoms with Gasteiger partial charge in [-0.3, -0.25) is 9.47 Å². The first kappa shape index (κ1) is 20.0. The van der Waals surface area contributed by atoms with Gasteiger partial charge in [0, 0.05) is 31.9 Å². The van der Waals surface area contributed by atoms with Crippen molar-refractivity contribution < 1.29 is 8.42 Å². The maximum absolute atomic E-state index is 12.7. The van der Waals surface area contributed by atoms with E-state index < -0.39 is 10.0 Å². The van der Waals surface area contributed by atoms with Crippen LogP contribution in [0.5, 0.6) is 0 Å². The average Bonchev–Trinajstić information content (AvgIpc) is 3.10. The van der Waals surface area contributed by atoms with E-state index >= 15 is 0 Å². The molecule has 0 N–H and O–H groups in total. The Morgan fingerprint density at radius 1 is 0.897 bits per heavy atom.